The summed E-state index contributed by atoms with van der Waals surface area (Å²) >= 11 is 1.66. The Morgan fingerprint density at radius 1 is 1.28 bits per heavy atom. The molecule has 1 aromatic carbocycles. The number of amides is 1. The minimum atomic E-state index is -0.847. The lowest BCUT2D eigenvalue weighted by molar-refractivity contribution is 0.132. The van der Waals surface area contributed by atoms with Gasteiger partial charge >= 0.3 is 6.09 Å². The van der Waals surface area contributed by atoms with Gasteiger partial charge in [-0.25, -0.2) is 9.18 Å². The largest absolute Gasteiger partial charge is 0.465 e. The zero-order valence-corrected chi connectivity index (χ0v) is 14.5. The van der Waals surface area contributed by atoms with Crippen molar-refractivity contribution in [2.45, 2.75) is 25.3 Å². The van der Waals surface area contributed by atoms with Gasteiger partial charge in [-0.3, -0.25) is 0 Å². The van der Waals surface area contributed by atoms with Crippen LogP contribution in [0.1, 0.15) is 29.9 Å². The molecule has 1 aliphatic rings. The number of carbonyl (C=O) groups is 1. The molecule has 0 bridgehead atoms. The van der Waals surface area contributed by atoms with E-state index < -0.39 is 6.09 Å². The molecular weight excluding hydrogens is 339 g/mol. The highest BCUT2D eigenvalue weighted by Crippen LogP contribution is 2.35. The number of likely N-dealkylation sites (tertiary alicyclic amines) is 1. The standard InChI is InChI=1S/C19H19FN2O2S/c20-15-1-2-16-17(14-3-6-21(7-4-14)19(23)24)11-22(18(16)9-15)10-13-5-8-25-12-13/h1-2,5,8-9,11-12,14H,3-4,6-7,10H2,(H,23,24). The van der Waals surface area contributed by atoms with E-state index in [-0.39, 0.29) is 5.82 Å². The minimum Gasteiger partial charge on any atom is -0.465 e. The fourth-order valence-corrected chi connectivity index (χ4v) is 4.37. The van der Waals surface area contributed by atoms with Crippen LogP contribution in [0.15, 0.2) is 41.2 Å². The summed E-state index contributed by atoms with van der Waals surface area (Å²) in [6, 6.07) is 7.04. The summed E-state index contributed by atoms with van der Waals surface area (Å²) in [7, 11) is 0. The molecular formula is C19H19FN2O2S. The molecule has 0 atom stereocenters. The second-order valence-corrected chi connectivity index (χ2v) is 7.33. The molecule has 3 aromatic rings. The van der Waals surface area contributed by atoms with Crippen LogP contribution < -0.4 is 0 Å². The highest BCUT2D eigenvalue weighted by Gasteiger charge is 2.26. The van der Waals surface area contributed by atoms with E-state index in [4.69, 9.17) is 5.11 Å². The van der Waals surface area contributed by atoms with Gasteiger partial charge in [-0.15, -0.1) is 0 Å². The molecule has 4 rings (SSSR count). The number of aromatic nitrogens is 1. The van der Waals surface area contributed by atoms with Crippen LogP contribution in [-0.4, -0.2) is 33.8 Å². The molecule has 2 aromatic heterocycles. The number of carboxylic acid groups (broad SMARTS) is 1. The third-order valence-corrected chi connectivity index (χ3v) is 5.75. The number of piperidine rings is 1. The normalized spacial score (nSPS) is 15.8. The Labute approximate surface area is 149 Å². The van der Waals surface area contributed by atoms with E-state index in [2.05, 4.69) is 22.2 Å². The maximum atomic E-state index is 13.8. The van der Waals surface area contributed by atoms with Crippen molar-refractivity contribution in [3.05, 3.63) is 58.2 Å². The van der Waals surface area contributed by atoms with Crippen LogP contribution in [0.3, 0.4) is 0 Å². The van der Waals surface area contributed by atoms with Crippen molar-refractivity contribution in [3.8, 4) is 0 Å². The molecule has 1 saturated heterocycles. The van der Waals surface area contributed by atoms with Gasteiger partial charge in [0, 0.05) is 31.2 Å². The minimum absolute atomic E-state index is 0.232. The molecule has 130 valence electrons. The van der Waals surface area contributed by atoms with Gasteiger partial charge in [-0.1, -0.05) is 0 Å². The third kappa shape index (κ3) is 3.14. The SMILES string of the molecule is O=C(O)N1CCC(c2cn(Cc3ccsc3)c3cc(F)ccc23)CC1. The molecule has 6 heteroatoms. The first-order valence-electron chi connectivity index (χ1n) is 8.39. The number of hydrogen-bond donors (Lipinski definition) is 1. The van der Waals surface area contributed by atoms with Crippen molar-refractivity contribution in [3.63, 3.8) is 0 Å². The average Bonchev–Trinajstić information content (AvgIpc) is 3.24. The molecule has 1 N–H and O–H groups in total. The van der Waals surface area contributed by atoms with Crippen molar-refractivity contribution < 1.29 is 14.3 Å². The van der Waals surface area contributed by atoms with Gasteiger partial charge in [0.15, 0.2) is 0 Å². The lowest BCUT2D eigenvalue weighted by Gasteiger charge is -2.29. The van der Waals surface area contributed by atoms with Crippen LogP contribution in [0.2, 0.25) is 0 Å². The van der Waals surface area contributed by atoms with E-state index in [9.17, 15) is 9.18 Å². The van der Waals surface area contributed by atoms with Gasteiger partial charge in [-0.2, -0.15) is 11.3 Å². The van der Waals surface area contributed by atoms with Crippen LogP contribution in [0.5, 0.6) is 0 Å². The summed E-state index contributed by atoms with van der Waals surface area (Å²) in [5.41, 5.74) is 3.32. The Morgan fingerprint density at radius 3 is 2.76 bits per heavy atom. The summed E-state index contributed by atoms with van der Waals surface area (Å²) in [6.45, 7) is 1.83. The van der Waals surface area contributed by atoms with Crippen molar-refractivity contribution >= 4 is 28.3 Å². The Kier molecular flexibility index (Phi) is 4.21. The molecule has 0 saturated carbocycles. The molecule has 25 heavy (non-hydrogen) atoms. The van der Waals surface area contributed by atoms with Crippen LogP contribution in [0.4, 0.5) is 9.18 Å². The van der Waals surface area contributed by atoms with Gasteiger partial charge < -0.3 is 14.6 Å². The molecule has 1 amide bonds. The maximum Gasteiger partial charge on any atom is 0.407 e. The smallest absolute Gasteiger partial charge is 0.407 e. The number of rotatable bonds is 3. The first-order chi connectivity index (χ1) is 12.1. The van der Waals surface area contributed by atoms with E-state index >= 15 is 0 Å². The van der Waals surface area contributed by atoms with Crippen LogP contribution in [-0.2, 0) is 6.54 Å². The molecule has 0 aliphatic carbocycles. The lowest BCUT2D eigenvalue weighted by atomic mass is 9.89. The number of thiophene rings is 1. The predicted octanol–water partition coefficient (Wildman–Crippen LogP) is 4.75. The Hall–Kier alpha value is -2.34. The Morgan fingerprint density at radius 2 is 2.08 bits per heavy atom. The quantitative estimate of drug-likeness (QED) is 0.734. The summed E-state index contributed by atoms with van der Waals surface area (Å²) in [4.78, 5) is 12.6. The predicted molar refractivity (Wildman–Crippen MR) is 96.9 cm³/mol. The molecule has 3 heterocycles. The van der Waals surface area contributed by atoms with Gasteiger partial charge in [-0.05, 0) is 64.9 Å². The van der Waals surface area contributed by atoms with Crippen molar-refractivity contribution in [2.75, 3.05) is 13.1 Å². The first-order valence-corrected chi connectivity index (χ1v) is 9.33. The summed E-state index contributed by atoms with van der Waals surface area (Å²) in [5.74, 6) is 0.0803. The monoisotopic (exact) mass is 358 g/mol. The fraction of sp³-hybridized carbons (Fsp3) is 0.316. The Bertz CT molecular complexity index is 896. The molecule has 0 unspecified atom stereocenters. The van der Waals surface area contributed by atoms with E-state index in [0.717, 1.165) is 30.3 Å². The molecule has 0 radical (unpaired) electrons. The zero-order valence-electron chi connectivity index (χ0n) is 13.7. The van der Waals surface area contributed by atoms with E-state index in [1.807, 2.05) is 11.4 Å². The first kappa shape index (κ1) is 16.1. The topological polar surface area (TPSA) is 45.5 Å². The zero-order chi connectivity index (χ0) is 17.4. The van der Waals surface area contributed by atoms with Gasteiger partial charge in [0.1, 0.15) is 5.82 Å². The highest BCUT2D eigenvalue weighted by molar-refractivity contribution is 7.07. The number of nitrogens with zero attached hydrogens (tertiary/aromatic N) is 2. The summed E-state index contributed by atoms with van der Waals surface area (Å²) in [5, 5.41) is 14.4. The van der Waals surface area contributed by atoms with Crippen molar-refractivity contribution in [1.29, 1.82) is 0 Å². The lowest BCUT2D eigenvalue weighted by Crippen LogP contribution is -2.36. The number of halogens is 1. The number of fused-ring (bicyclic) bond motifs is 1. The number of benzene rings is 1. The van der Waals surface area contributed by atoms with E-state index in [1.165, 1.54) is 22.1 Å². The Balaban J connectivity index is 1.68. The van der Waals surface area contributed by atoms with E-state index in [1.54, 1.807) is 17.4 Å². The van der Waals surface area contributed by atoms with Gasteiger partial charge in [0.2, 0.25) is 0 Å². The van der Waals surface area contributed by atoms with Crippen molar-refractivity contribution in [2.24, 2.45) is 0 Å². The van der Waals surface area contributed by atoms with Gasteiger partial charge in [0.25, 0.3) is 0 Å². The average molecular weight is 358 g/mol. The van der Waals surface area contributed by atoms with Crippen molar-refractivity contribution in [1.82, 2.24) is 9.47 Å². The molecule has 1 fully saturated rings. The van der Waals surface area contributed by atoms with Crippen LogP contribution in [0, 0.1) is 5.82 Å². The molecule has 1 aliphatic heterocycles. The van der Waals surface area contributed by atoms with E-state index in [0.29, 0.717) is 19.0 Å². The fourth-order valence-electron chi connectivity index (χ4n) is 3.71. The molecule has 4 nitrogen and oxygen atoms in total. The highest BCUT2D eigenvalue weighted by atomic mass is 32.1. The molecule has 0 spiro atoms. The maximum absolute atomic E-state index is 13.8. The summed E-state index contributed by atoms with van der Waals surface area (Å²) < 4.78 is 15.9. The second kappa shape index (κ2) is 6.52. The second-order valence-electron chi connectivity index (χ2n) is 6.55. The third-order valence-electron chi connectivity index (χ3n) is 5.01. The summed E-state index contributed by atoms with van der Waals surface area (Å²) in [6.07, 6.45) is 2.89. The number of hydrogen-bond acceptors (Lipinski definition) is 2. The van der Waals surface area contributed by atoms with Gasteiger partial charge in [0.05, 0.1) is 5.52 Å². The van der Waals surface area contributed by atoms with Crippen LogP contribution >= 0.6 is 11.3 Å². The van der Waals surface area contributed by atoms with Crippen LogP contribution in [0.25, 0.3) is 10.9 Å².